The number of amides is 1. The summed E-state index contributed by atoms with van der Waals surface area (Å²) < 4.78 is 8.69. The van der Waals surface area contributed by atoms with E-state index in [1.165, 1.54) is 22.6 Å². The lowest BCUT2D eigenvalue weighted by Gasteiger charge is -2.19. The van der Waals surface area contributed by atoms with E-state index >= 15 is 0 Å². The number of hydrogen-bond donors (Lipinski definition) is 1. The van der Waals surface area contributed by atoms with Crippen LogP contribution < -0.4 is 5.48 Å². The number of halogens is 1. The highest BCUT2D eigenvalue weighted by Crippen LogP contribution is 2.06. The molecule has 14 heavy (non-hydrogen) atoms. The highest BCUT2D eigenvalue weighted by molar-refractivity contribution is 14.1. The van der Waals surface area contributed by atoms with Crippen LogP contribution in [0.3, 0.4) is 0 Å². The molecule has 0 aromatic heterocycles. The SMILES string of the molecule is CC(C)(C)OC(=O)NOCOC(=O)I. The average Bonchev–Trinajstić information content (AvgIpc) is 1.94. The van der Waals surface area contributed by atoms with E-state index in [0.29, 0.717) is 0 Å². The molecule has 0 saturated carbocycles. The summed E-state index contributed by atoms with van der Waals surface area (Å²) in [5.41, 5.74) is 1.36. The molecule has 0 aliphatic rings. The summed E-state index contributed by atoms with van der Waals surface area (Å²) in [7, 11) is 0. The first-order valence-corrected chi connectivity index (χ1v) is 4.82. The van der Waals surface area contributed by atoms with Gasteiger partial charge in [0.25, 0.3) is 0 Å². The Bertz CT molecular complexity index is 213. The normalized spacial score (nSPS) is 10.6. The first kappa shape index (κ1) is 13.4. The van der Waals surface area contributed by atoms with Gasteiger partial charge in [0.05, 0.1) is 22.6 Å². The summed E-state index contributed by atoms with van der Waals surface area (Å²) in [5, 5.41) is 0. The highest BCUT2D eigenvalue weighted by Gasteiger charge is 2.15. The van der Waals surface area contributed by atoms with Crippen LogP contribution in [0.15, 0.2) is 0 Å². The number of hydrogen-bond acceptors (Lipinski definition) is 5. The number of rotatable bonds is 3. The van der Waals surface area contributed by atoms with Crippen molar-refractivity contribution in [2.24, 2.45) is 0 Å². The largest absolute Gasteiger partial charge is 0.442 e. The van der Waals surface area contributed by atoms with E-state index in [1.807, 2.05) is 5.48 Å². The molecule has 0 fully saturated rings. The van der Waals surface area contributed by atoms with Crippen molar-refractivity contribution in [1.82, 2.24) is 5.48 Å². The Morgan fingerprint density at radius 2 is 1.93 bits per heavy atom. The van der Waals surface area contributed by atoms with Crippen LogP contribution in [-0.4, -0.2) is 22.5 Å². The van der Waals surface area contributed by atoms with Crippen molar-refractivity contribution in [2.45, 2.75) is 26.4 Å². The van der Waals surface area contributed by atoms with Crippen molar-refractivity contribution in [3.05, 3.63) is 0 Å². The number of nitrogens with one attached hydrogen (secondary N) is 1. The Morgan fingerprint density at radius 3 is 2.36 bits per heavy atom. The fraction of sp³-hybridized carbons (Fsp3) is 0.714. The van der Waals surface area contributed by atoms with E-state index in [-0.39, 0.29) is 6.79 Å². The van der Waals surface area contributed by atoms with Crippen molar-refractivity contribution >= 4 is 32.7 Å². The lowest BCUT2D eigenvalue weighted by Crippen LogP contribution is -2.33. The molecule has 0 rings (SSSR count). The molecule has 6 nitrogen and oxygen atoms in total. The van der Waals surface area contributed by atoms with Crippen molar-refractivity contribution in [3.8, 4) is 0 Å². The molecule has 0 atom stereocenters. The van der Waals surface area contributed by atoms with Gasteiger partial charge in [-0.15, -0.1) is 0 Å². The second kappa shape index (κ2) is 6.02. The Kier molecular flexibility index (Phi) is 5.77. The monoisotopic (exact) mass is 317 g/mol. The van der Waals surface area contributed by atoms with Gasteiger partial charge < -0.3 is 9.47 Å². The predicted octanol–water partition coefficient (Wildman–Crippen LogP) is 1.97. The van der Waals surface area contributed by atoms with Crippen molar-refractivity contribution in [2.75, 3.05) is 6.79 Å². The third kappa shape index (κ3) is 9.52. The lowest BCUT2D eigenvalue weighted by molar-refractivity contribution is -0.0664. The van der Waals surface area contributed by atoms with E-state index in [4.69, 9.17) is 4.74 Å². The third-order valence-corrected chi connectivity index (χ3v) is 1.10. The zero-order valence-corrected chi connectivity index (χ0v) is 10.3. The van der Waals surface area contributed by atoms with Crippen molar-refractivity contribution < 1.29 is 23.9 Å². The van der Waals surface area contributed by atoms with Crippen LogP contribution in [0, 0.1) is 0 Å². The van der Waals surface area contributed by atoms with Crippen molar-refractivity contribution in [3.63, 3.8) is 0 Å². The zero-order valence-electron chi connectivity index (χ0n) is 8.13. The standard InChI is InChI=1S/C7H12INO5/c1-7(2,3)14-6(11)9-13-4-12-5(8)10/h4H2,1-3H3,(H,9,11). The van der Waals surface area contributed by atoms with Crippen molar-refractivity contribution in [1.29, 1.82) is 0 Å². The van der Waals surface area contributed by atoms with Gasteiger partial charge in [0.15, 0.2) is 0 Å². The van der Waals surface area contributed by atoms with E-state index in [9.17, 15) is 9.59 Å². The molecule has 0 aromatic rings. The van der Waals surface area contributed by atoms with Gasteiger partial charge in [-0.2, -0.15) is 5.48 Å². The summed E-state index contributed by atoms with van der Waals surface area (Å²) in [4.78, 5) is 25.6. The first-order chi connectivity index (χ1) is 6.31. The molecule has 82 valence electrons. The average molecular weight is 317 g/mol. The van der Waals surface area contributed by atoms with Gasteiger partial charge in [0.1, 0.15) is 5.60 Å². The Labute approximate surface area is 95.4 Å². The molecule has 0 spiro atoms. The fourth-order valence-corrected chi connectivity index (χ4v) is 0.590. The van der Waals surface area contributed by atoms with Crippen LogP contribution in [0.4, 0.5) is 9.59 Å². The molecular formula is C7H12INO5. The molecule has 0 heterocycles. The maximum atomic E-state index is 10.9. The van der Waals surface area contributed by atoms with E-state index in [1.54, 1.807) is 20.8 Å². The zero-order chi connectivity index (χ0) is 11.2. The summed E-state index contributed by atoms with van der Waals surface area (Å²) in [6.07, 6.45) is -0.734. The number of carbonyl (C=O) groups excluding carboxylic acids is 2. The number of ether oxygens (including phenoxy) is 2. The second-order valence-electron chi connectivity index (χ2n) is 3.25. The maximum absolute atomic E-state index is 10.9. The smallest absolute Gasteiger partial charge is 0.431 e. The van der Waals surface area contributed by atoms with Gasteiger partial charge in [0, 0.05) is 0 Å². The lowest BCUT2D eigenvalue weighted by atomic mass is 10.2. The minimum atomic E-state index is -0.734. The molecule has 0 saturated heterocycles. The molecule has 0 aliphatic carbocycles. The Balaban J connectivity index is 3.50. The Hall–Kier alpha value is -0.570. The van der Waals surface area contributed by atoms with E-state index in [2.05, 4.69) is 9.57 Å². The minimum absolute atomic E-state index is 0.346. The van der Waals surface area contributed by atoms with Crippen LogP contribution in [0.1, 0.15) is 20.8 Å². The summed E-state index contributed by atoms with van der Waals surface area (Å²) in [6, 6.07) is 0. The summed E-state index contributed by atoms with van der Waals surface area (Å²) >= 11 is 1.44. The van der Waals surface area contributed by atoms with Gasteiger partial charge in [-0.25, -0.2) is 14.4 Å². The third-order valence-electron chi connectivity index (χ3n) is 0.786. The molecule has 0 aliphatic heterocycles. The van der Waals surface area contributed by atoms with Gasteiger partial charge in [-0.05, 0) is 20.8 Å². The van der Waals surface area contributed by atoms with E-state index < -0.39 is 15.7 Å². The summed E-state index contributed by atoms with van der Waals surface area (Å²) in [5.74, 6) is 0. The molecule has 0 aromatic carbocycles. The molecule has 7 heteroatoms. The minimum Gasteiger partial charge on any atom is -0.442 e. The number of carbonyl (C=O) groups is 2. The topological polar surface area (TPSA) is 73.9 Å². The van der Waals surface area contributed by atoms with Gasteiger partial charge in [-0.3, -0.25) is 0 Å². The molecular weight excluding hydrogens is 305 g/mol. The maximum Gasteiger partial charge on any atom is 0.431 e. The summed E-state index contributed by atoms with van der Waals surface area (Å²) in [6.45, 7) is 4.81. The fourth-order valence-electron chi connectivity index (χ4n) is 0.463. The van der Waals surface area contributed by atoms with E-state index in [0.717, 1.165) is 0 Å². The molecule has 0 radical (unpaired) electrons. The predicted molar refractivity (Wildman–Crippen MR) is 55.8 cm³/mol. The number of hydroxylamine groups is 1. The van der Waals surface area contributed by atoms with Crippen LogP contribution in [0.25, 0.3) is 0 Å². The molecule has 1 N–H and O–H groups in total. The van der Waals surface area contributed by atoms with Gasteiger partial charge in [0.2, 0.25) is 6.79 Å². The van der Waals surface area contributed by atoms with Crippen LogP contribution in [0.5, 0.6) is 0 Å². The highest BCUT2D eigenvalue weighted by atomic mass is 127. The quantitative estimate of drug-likeness (QED) is 0.283. The van der Waals surface area contributed by atoms with Gasteiger partial charge >= 0.3 is 10.1 Å². The molecule has 1 amide bonds. The van der Waals surface area contributed by atoms with Crippen LogP contribution in [0.2, 0.25) is 0 Å². The first-order valence-electron chi connectivity index (χ1n) is 3.74. The second-order valence-corrected chi connectivity index (χ2v) is 4.13. The van der Waals surface area contributed by atoms with Crippen LogP contribution >= 0.6 is 22.6 Å². The molecule has 0 bridgehead atoms. The Morgan fingerprint density at radius 1 is 1.36 bits per heavy atom. The molecule has 0 unspecified atom stereocenters. The van der Waals surface area contributed by atoms with Crippen LogP contribution in [-0.2, 0) is 14.3 Å². The van der Waals surface area contributed by atoms with Gasteiger partial charge in [-0.1, -0.05) is 0 Å².